The van der Waals surface area contributed by atoms with Crippen LogP contribution in [0.3, 0.4) is 0 Å². The molecule has 1 aliphatic heterocycles. The maximum atomic E-state index is 5.37. The Morgan fingerprint density at radius 1 is 1.43 bits per heavy atom. The van der Waals surface area contributed by atoms with E-state index in [1.54, 1.807) is 12.7 Å². The van der Waals surface area contributed by atoms with Crippen LogP contribution in [-0.2, 0) is 19.5 Å². The summed E-state index contributed by atoms with van der Waals surface area (Å²) in [4.78, 5) is 10.9. The Labute approximate surface area is 124 Å². The molecule has 21 heavy (non-hydrogen) atoms. The number of hydrogen-bond donors (Lipinski definition) is 0. The average molecular weight is 290 g/mol. The summed E-state index contributed by atoms with van der Waals surface area (Å²) in [6.45, 7) is 4.85. The SMILES string of the molecule is CCCCc1noc(CN2CCCC2Cn2cncn2)n1. The third-order valence-electron chi connectivity index (χ3n) is 3.97. The Morgan fingerprint density at radius 3 is 3.19 bits per heavy atom. The van der Waals surface area contributed by atoms with Gasteiger partial charge in [0.15, 0.2) is 5.82 Å². The summed E-state index contributed by atoms with van der Waals surface area (Å²) in [5.74, 6) is 1.56. The first-order chi connectivity index (χ1) is 10.3. The minimum absolute atomic E-state index is 0.470. The molecule has 3 heterocycles. The molecule has 0 bridgehead atoms. The van der Waals surface area contributed by atoms with E-state index < -0.39 is 0 Å². The van der Waals surface area contributed by atoms with Gasteiger partial charge in [0.2, 0.25) is 5.89 Å². The molecule has 2 aromatic rings. The fourth-order valence-corrected chi connectivity index (χ4v) is 2.82. The topological polar surface area (TPSA) is 72.9 Å². The lowest BCUT2D eigenvalue weighted by Gasteiger charge is -2.22. The highest BCUT2D eigenvalue weighted by Crippen LogP contribution is 2.20. The van der Waals surface area contributed by atoms with Crippen LogP contribution in [-0.4, -0.2) is 42.4 Å². The van der Waals surface area contributed by atoms with Gasteiger partial charge in [0.1, 0.15) is 12.7 Å². The quantitative estimate of drug-likeness (QED) is 0.772. The standard InChI is InChI=1S/C14H22N6O/c1-2-3-6-13-17-14(21-18-13)9-19-7-4-5-12(19)8-20-11-15-10-16-20/h10-12H,2-9H2,1H3. The molecule has 3 rings (SSSR count). The maximum Gasteiger partial charge on any atom is 0.240 e. The first-order valence-electron chi connectivity index (χ1n) is 7.73. The van der Waals surface area contributed by atoms with Crippen LogP contribution in [0.1, 0.15) is 44.3 Å². The largest absolute Gasteiger partial charge is 0.338 e. The lowest BCUT2D eigenvalue weighted by Crippen LogP contribution is -2.32. The van der Waals surface area contributed by atoms with Crippen LogP contribution in [0.15, 0.2) is 17.2 Å². The molecule has 1 atom stereocenters. The molecule has 0 amide bonds. The first kappa shape index (κ1) is 14.2. The number of rotatable bonds is 7. The Hall–Kier alpha value is -1.76. The molecule has 2 aromatic heterocycles. The number of aryl methyl sites for hydroxylation is 1. The monoisotopic (exact) mass is 290 g/mol. The van der Waals surface area contributed by atoms with Crippen molar-refractivity contribution in [3.8, 4) is 0 Å². The minimum Gasteiger partial charge on any atom is -0.338 e. The average Bonchev–Trinajstić information content (AvgIpc) is 3.21. The van der Waals surface area contributed by atoms with Gasteiger partial charge in [-0.3, -0.25) is 9.58 Å². The highest BCUT2D eigenvalue weighted by atomic mass is 16.5. The zero-order chi connectivity index (χ0) is 14.5. The first-order valence-corrected chi connectivity index (χ1v) is 7.73. The minimum atomic E-state index is 0.470. The van der Waals surface area contributed by atoms with Gasteiger partial charge < -0.3 is 4.52 Å². The van der Waals surface area contributed by atoms with Crippen molar-refractivity contribution in [3.05, 3.63) is 24.4 Å². The van der Waals surface area contributed by atoms with E-state index in [-0.39, 0.29) is 0 Å². The van der Waals surface area contributed by atoms with E-state index in [0.29, 0.717) is 6.04 Å². The lowest BCUT2D eigenvalue weighted by atomic mass is 10.2. The van der Waals surface area contributed by atoms with Gasteiger partial charge >= 0.3 is 0 Å². The van der Waals surface area contributed by atoms with Crippen molar-refractivity contribution in [1.82, 2.24) is 29.8 Å². The summed E-state index contributed by atoms with van der Waals surface area (Å²) in [6.07, 6.45) is 8.90. The fourth-order valence-electron chi connectivity index (χ4n) is 2.82. The van der Waals surface area contributed by atoms with Gasteiger partial charge in [-0.25, -0.2) is 4.98 Å². The molecule has 7 nitrogen and oxygen atoms in total. The van der Waals surface area contributed by atoms with Crippen molar-refractivity contribution in [2.45, 2.75) is 58.2 Å². The predicted molar refractivity (Wildman–Crippen MR) is 76.4 cm³/mol. The van der Waals surface area contributed by atoms with E-state index in [1.165, 1.54) is 12.8 Å². The number of aromatic nitrogens is 5. The summed E-state index contributed by atoms with van der Waals surface area (Å²) in [5.41, 5.74) is 0. The molecule has 1 fully saturated rings. The molecular weight excluding hydrogens is 268 g/mol. The highest BCUT2D eigenvalue weighted by molar-refractivity contribution is 4.89. The Bertz CT molecular complexity index is 537. The van der Waals surface area contributed by atoms with E-state index >= 15 is 0 Å². The Kier molecular flexibility index (Phi) is 4.59. The molecule has 0 aromatic carbocycles. The summed E-state index contributed by atoms with van der Waals surface area (Å²) < 4.78 is 7.26. The van der Waals surface area contributed by atoms with E-state index in [2.05, 4.69) is 32.0 Å². The van der Waals surface area contributed by atoms with Crippen LogP contribution in [0.25, 0.3) is 0 Å². The zero-order valence-electron chi connectivity index (χ0n) is 12.5. The number of hydrogen-bond acceptors (Lipinski definition) is 6. The summed E-state index contributed by atoms with van der Waals surface area (Å²) in [7, 11) is 0. The van der Waals surface area contributed by atoms with Gasteiger partial charge in [-0.1, -0.05) is 18.5 Å². The fraction of sp³-hybridized carbons (Fsp3) is 0.714. The third-order valence-corrected chi connectivity index (χ3v) is 3.97. The van der Waals surface area contributed by atoms with Gasteiger partial charge in [0, 0.05) is 12.5 Å². The van der Waals surface area contributed by atoms with Crippen molar-refractivity contribution in [2.24, 2.45) is 0 Å². The molecule has 1 saturated heterocycles. The Morgan fingerprint density at radius 2 is 2.38 bits per heavy atom. The van der Waals surface area contributed by atoms with Gasteiger partial charge in [-0.05, 0) is 25.8 Å². The van der Waals surface area contributed by atoms with Gasteiger partial charge in [-0.15, -0.1) is 0 Å². The number of likely N-dealkylation sites (tertiary alicyclic amines) is 1. The van der Waals surface area contributed by atoms with E-state index in [0.717, 1.165) is 50.6 Å². The molecule has 7 heteroatoms. The van der Waals surface area contributed by atoms with E-state index in [9.17, 15) is 0 Å². The van der Waals surface area contributed by atoms with Crippen LogP contribution >= 0.6 is 0 Å². The normalized spacial score (nSPS) is 19.4. The van der Waals surface area contributed by atoms with Crippen LogP contribution in [0.2, 0.25) is 0 Å². The zero-order valence-corrected chi connectivity index (χ0v) is 12.5. The molecule has 0 saturated carbocycles. The third kappa shape index (κ3) is 3.66. The second-order valence-electron chi connectivity index (χ2n) is 5.59. The molecular formula is C14H22N6O. The second-order valence-corrected chi connectivity index (χ2v) is 5.59. The summed E-state index contributed by atoms with van der Waals surface area (Å²) in [5, 5.41) is 8.24. The molecule has 0 aliphatic carbocycles. The molecule has 0 radical (unpaired) electrons. The van der Waals surface area contributed by atoms with Crippen LogP contribution in [0.5, 0.6) is 0 Å². The van der Waals surface area contributed by atoms with Crippen LogP contribution in [0.4, 0.5) is 0 Å². The predicted octanol–water partition coefficient (Wildman–Crippen LogP) is 1.67. The smallest absolute Gasteiger partial charge is 0.240 e. The second kappa shape index (κ2) is 6.80. The molecule has 0 N–H and O–H groups in total. The van der Waals surface area contributed by atoms with Crippen LogP contribution < -0.4 is 0 Å². The van der Waals surface area contributed by atoms with Gasteiger partial charge in [0.25, 0.3) is 0 Å². The van der Waals surface area contributed by atoms with E-state index in [1.807, 2.05) is 4.68 Å². The Balaban J connectivity index is 1.56. The molecule has 114 valence electrons. The van der Waals surface area contributed by atoms with Crippen LogP contribution in [0, 0.1) is 0 Å². The van der Waals surface area contributed by atoms with E-state index in [4.69, 9.17) is 4.52 Å². The lowest BCUT2D eigenvalue weighted by molar-refractivity contribution is 0.191. The summed E-state index contributed by atoms with van der Waals surface area (Å²) in [6, 6.07) is 0.470. The molecule has 1 aliphatic rings. The van der Waals surface area contributed by atoms with Gasteiger partial charge in [0.05, 0.1) is 13.1 Å². The number of nitrogens with zero attached hydrogens (tertiary/aromatic N) is 6. The maximum absolute atomic E-state index is 5.37. The summed E-state index contributed by atoms with van der Waals surface area (Å²) >= 11 is 0. The van der Waals surface area contributed by atoms with Crippen molar-refractivity contribution < 1.29 is 4.52 Å². The molecule has 0 spiro atoms. The van der Waals surface area contributed by atoms with Crippen molar-refractivity contribution >= 4 is 0 Å². The van der Waals surface area contributed by atoms with Crippen molar-refractivity contribution in [3.63, 3.8) is 0 Å². The van der Waals surface area contributed by atoms with Gasteiger partial charge in [-0.2, -0.15) is 10.1 Å². The molecule has 1 unspecified atom stereocenters. The van der Waals surface area contributed by atoms with Crippen molar-refractivity contribution in [2.75, 3.05) is 6.54 Å². The highest BCUT2D eigenvalue weighted by Gasteiger charge is 2.26. The van der Waals surface area contributed by atoms with Crippen molar-refractivity contribution in [1.29, 1.82) is 0 Å². The number of unbranched alkanes of at least 4 members (excludes halogenated alkanes) is 1.